The van der Waals surface area contributed by atoms with E-state index in [1.807, 2.05) is 5.32 Å². The topological polar surface area (TPSA) is 58.3 Å². The van der Waals surface area contributed by atoms with Crippen LogP contribution in [0.5, 0.6) is 0 Å². The molecule has 0 aliphatic carbocycles. The molecule has 1 aromatic carbocycles. The van der Waals surface area contributed by atoms with Gasteiger partial charge in [-0.15, -0.1) is 12.4 Å². The van der Waals surface area contributed by atoms with E-state index in [-0.39, 0.29) is 12.4 Å². The number of β-amino-alcohol motifs (C(OH)–C–C–N with tert-alkyl or cyclic N) is 1. The molecule has 0 amide bonds. The number of anilines is 1. The molecule has 1 atom stereocenters. The van der Waals surface area contributed by atoms with E-state index >= 15 is 0 Å². The van der Waals surface area contributed by atoms with E-state index in [1.165, 1.54) is 0 Å². The van der Waals surface area contributed by atoms with E-state index in [2.05, 4.69) is 0 Å². The molecule has 0 bridgehead atoms. The lowest BCUT2D eigenvalue weighted by atomic mass is 10.0. The number of nitrogen functional groups attached to an aromatic ring is 1. The third-order valence-electron chi connectivity index (χ3n) is 2.40. The molecule has 0 saturated heterocycles. The Bertz CT molecular complexity index is 716. The minimum Gasteiger partial charge on any atom is -0.397 e. The second-order valence-corrected chi connectivity index (χ2v) is 4.52. The Balaban J connectivity index is 0.00000841. The quantitative estimate of drug-likeness (QED) is 0.723. The summed E-state index contributed by atoms with van der Waals surface area (Å²) in [4.78, 5) is 0. The average Bonchev–Trinajstić information content (AvgIpc) is 2.44. The van der Waals surface area contributed by atoms with Gasteiger partial charge in [0.2, 0.25) is 0 Å². The zero-order chi connectivity index (χ0) is 23.2. The van der Waals surface area contributed by atoms with Crippen molar-refractivity contribution in [1.29, 1.82) is 0 Å². The summed E-state index contributed by atoms with van der Waals surface area (Å²) >= 11 is 5.65. The molecule has 8 heteroatoms. The summed E-state index contributed by atoms with van der Waals surface area (Å²) in [5.74, 6) is 0. The highest BCUT2D eigenvalue weighted by Gasteiger charge is 2.34. The Morgan fingerprint density at radius 1 is 1.38 bits per heavy atom. The van der Waals surface area contributed by atoms with Crippen LogP contribution in [0, 0.1) is 0 Å². The van der Waals surface area contributed by atoms with Gasteiger partial charge in [-0.3, -0.25) is 0 Å². The second-order valence-electron chi connectivity index (χ2n) is 4.11. The summed E-state index contributed by atoms with van der Waals surface area (Å²) in [6.07, 6.45) is -6.85. The SMILES string of the molecule is Cl.[2H]C([2H])([2H])C(NCC(O)c1cc(Cl)c(N)c(C(F)(F)F)c1)(C([2H])([2H])[2H])C([2H])([2H])[2H]. The van der Waals surface area contributed by atoms with Crippen molar-refractivity contribution in [3.63, 3.8) is 0 Å². The lowest BCUT2D eigenvalue weighted by Crippen LogP contribution is -2.38. The summed E-state index contributed by atoms with van der Waals surface area (Å²) in [5.41, 5.74) is -0.808. The first-order chi connectivity index (χ1) is 12.7. The highest BCUT2D eigenvalue weighted by molar-refractivity contribution is 6.33. The highest BCUT2D eigenvalue weighted by atomic mass is 35.5. The van der Waals surface area contributed by atoms with Crippen LogP contribution in [0.4, 0.5) is 18.9 Å². The number of rotatable bonds is 3. The maximum absolute atomic E-state index is 13.1. The van der Waals surface area contributed by atoms with E-state index < -0.39 is 66.8 Å². The molecule has 1 rings (SSSR count). The van der Waals surface area contributed by atoms with Gasteiger partial charge in [0.25, 0.3) is 0 Å². The predicted octanol–water partition coefficient (Wildman–Crippen LogP) is 3.78. The van der Waals surface area contributed by atoms with Gasteiger partial charge in [-0.2, -0.15) is 13.2 Å². The molecule has 1 unspecified atom stereocenters. The van der Waals surface area contributed by atoms with Gasteiger partial charge in [0, 0.05) is 24.4 Å². The molecular formula is C13H19Cl2F3N2O. The molecule has 3 nitrogen and oxygen atoms in total. The van der Waals surface area contributed by atoms with Crippen LogP contribution in [0.15, 0.2) is 12.1 Å². The van der Waals surface area contributed by atoms with Gasteiger partial charge in [0.1, 0.15) is 0 Å². The number of nitrogens with two attached hydrogens (primary N) is 1. The third-order valence-corrected chi connectivity index (χ3v) is 2.72. The lowest BCUT2D eigenvalue weighted by molar-refractivity contribution is -0.137. The standard InChI is InChI=1S/C13H18ClF3N2O.ClH/c1-12(2,3)19-6-10(20)7-4-8(13(15,16)17)11(18)9(14)5-7;/h4-5,10,19-20H,6,18H2,1-3H3;1H/i1D3,2D3,3D3;. The minimum atomic E-state index is -4.92. The van der Waals surface area contributed by atoms with Crippen LogP contribution in [0.1, 0.15) is 50.1 Å². The number of halogens is 5. The largest absolute Gasteiger partial charge is 0.418 e. The van der Waals surface area contributed by atoms with Crippen molar-refractivity contribution in [2.75, 3.05) is 12.3 Å². The zero-order valence-corrected chi connectivity index (χ0v) is 12.0. The van der Waals surface area contributed by atoms with Gasteiger partial charge >= 0.3 is 6.18 Å². The molecule has 0 saturated carbocycles. The van der Waals surface area contributed by atoms with E-state index in [9.17, 15) is 18.3 Å². The van der Waals surface area contributed by atoms with E-state index in [1.54, 1.807) is 0 Å². The van der Waals surface area contributed by atoms with Crippen LogP contribution in [0.2, 0.25) is 5.02 Å². The maximum Gasteiger partial charge on any atom is 0.418 e. The van der Waals surface area contributed by atoms with Gasteiger partial charge in [-0.25, -0.2) is 0 Å². The number of hydrogen-bond acceptors (Lipinski definition) is 3. The Morgan fingerprint density at radius 3 is 2.43 bits per heavy atom. The third kappa shape index (κ3) is 5.90. The number of hydrogen-bond donors (Lipinski definition) is 3. The molecule has 0 aliphatic heterocycles. The molecule has 0 fully saturated rings. The van der Waals surface area contributed by atoms with E-state index in [4.69, 9.17) is 29.7 Å². The van der Waals surface area contributed by atoms with Gasteiger partial charge < -0.3 is 16.2 Å². The van der Waals surface area contributed by atoms with Crippen LogP contribution in [-0.4, -0.2) is 17.2 Å². The number of benzene rings is 1. The smallest absolute Gasteiger partial charge is 0.397 e. The lowest BCUT2D eigenvalue weighted by Gasteiger charge is -2.23. The Morgan fingerprint density at radius 2 is 1.95 bits per heavy atom. The molecule has 21 heavy (non-hydrogen) atoms. The maximum atomic E-state index is 13.1. The van der Waals surface area contributed by atoms with Crippen LogP contribution in [-0.2, 0) is 6.18 Å². The van der Waals surface area contributed by atoms with Gasteiger partial charge in [0.05, 0.1) is 22.4 Å². The van der Waals surface area contributed by atoms with E-state index in [0.717, 1.165) is 6.07 Å². The Hall–Kier alpha value is -0.690. The van der Waals surface area contributed by atoms with Crippen LogP contribution >= 0.6 is 24.0 Å². The predicted molar refractivity (Wildman–Crippen MR) is 80.8 cm³/mol. The highest BCUT2D eigenvalue weighted by Crippen LogP contribution is 2.38. The van der Waals surface area contributed by atoms with Crippen molar-refractivity contribution in [3.8, 4) is 0 Å². The fourth-order valence-corrected chi connectivity index (χ4v) is 1.66. The molecule has 4 N–H and O–H groups in total. The van der Waals surface area contributed by atoms with Crippen LogP contribution in [0.3, 0.4) is 0 Å². The van der Waals surface area contributed by atoms with Crippen molar-refractivity contribution in [2.24, 2.45) is 0 Å². The summed E-state index contributed by atoms with van der Waals surface area (Å²) in [6, 6.07) is 1.33. The molecule has 1 aromatic rings. The fraction of sp³-hybridized carbons (Fsp3) is 0.538. The van der Waals surface area contributed by atoms with Crippen LogP contribution in [0.25, 0.3) is 0 Å². The Kier molecular flexibility index (Phi) is 3.17. The second kappa shape index (κ2) is 7.05. The number of aliphatic hydroxyl groups excluding tert-OH is 1. The summed E-state index contributed by atoms with van der Waals surface area (Å²) < 4.78 is 106. The van der Waals surface area contributed by atoms with Crippen LogP contribution < -0.4 is 11.1 Å². The molecule has 0 heterocycles. The Labute approximate surface area is 145 Å². The minimum absolute atomic E-state index is 0. The summed E-state index contributed by atoms with van der Waals surface area (Å²) in [7, 11) is 0. The zero-order valence-electron chi connectivity index (χ0n) is 19.4. The molecule has 0 spiro atoms. The number of alkyl halides is 3. The van der Waals surface area contributed by atoms with E-state index in [0.29, 0.717) is 6.07 Å². The monoisotopic (exact) mass is 355 g/mol. The van der Waals surface area contributed by atoms with Crippen molar-refractivity contribution in [2.45, 2.75) is 38.4 Å². The molecule has 0 aromatic heterocycles. The normalized spacial score (nSPS) is 21.9. The van der Waals surface area contributed by atoms with Gasteiger partial charge in [-0.1, -0.05) is 11.6 Å². The first kappa shape index (κ1) is 9.45. The molecule has 122 valence electrons. The average molecular weight is 356 g/mol. The van der Waals surface area contributed by atoms with Crippen molar-refractivity contribution in [1.82, 2.24) is 5.32 Å². The molecule has 0 aliphatic rings. The van der Waals surface area contributed by atoms with Crippen molar-refractivity contribution >= 4 is 29.7 Å². The van der Waals surface area contributed by atoms with Gasteiger partial charge in [0.15, 0.2) is 0 Å². The molecule has 0 radical (unpaired) electrons. The first-order valence-corrected chi connectivity index (χ1v) is 5.64. The summed E-state index contributed by atoms with van der Waals surface area (Å²) in [6.45, 7) is -11.8. The fourth-order valence-electron chi connectivity index (χ4n) is 1.43. The summed E-state index contributed by atoms with van der Waals surface area (Å²) in [5, 5.41) is 11.5. The van der Waals surface area contributed by atoms with Crippen molar-refractivity contribution in [3.05, 3.63) is 28.3 Å². The van der Waals surface area contributed by atoms with Crippen molar-refractivity contribution < 1.29 is 30.6 Å². The number of aliphatic hydroxyl groups is 1. The van der Waals surface area contributed by atoms with Gasteiger partial charge in [-0.05, 0) is 38.3 Å². The number of nitrogens with one attached hydrogen (secondary N) is 1. The molecular weight excluding hydrogens is 328 g/mol. The first-order valence-electron chi connectivity index (χ1n) is 9.76.